The molecule has 1 saturated heterocycles. The number of hydrogen-bond acceptors (Lipinski definition) is 5. The van der Waals surface area contributed by atoms with Gasteiger partial charge in [-0.25, -0.2) is 13.4 Å². The van der Waals surface area contributed by atoms with E-state index in [0.29, 0.717) is 12.2 Å². The smallest absolute Gasteiger partial charge is 0.322 e. The van der Waals surface area contributed by atoms with Crippen LogP contribution < -0.4 is 4.74 Å². The van der Waals surface area contributed by atoms with Crippen LogP contribution in [0.25, 0.3) is 0 Å². The third-order valence-electron chi connectivity index (χ3n) is 5.94. The van der Waals surface area contributed by atoms with E-state index in [0.717, 1.165) is 30.0 Å². The Labute approximate surface area is 170 Å². The average molecular weight is 416 g/mol. The second-order valence-electron chi connectivity index (χ2n) is 7.64. The number of nitrogens with zero attached hydrogens (tertiary/aromatic N) is 2. The molecule has 1 aliphatic carbocycles. The van der Waals surface area contributed by atoms with Crippen LogP contribution in [0.5, 0.6) is 11.6 Å². The average Bonchev–Trinajstić information content (AvgIpc) is 2.74. The van der Waals surface area contributed by atoms with E-state index in [-0.39, 0.29) is 29.2 Å². The quantitative estimate of drug-likeness (QED) is 0.801. The molecule has 0 amide bonds. The number of rotatable bonds is 5. The molecule has 0 radical (unpaired) electrons. The number of pyridine rings is 1. The molecule has 2 aromatic rings. The molecule has 29 heavy (non-hydrogen) atoms. The molecular weight excluding hydrogens is 392 g/mol. The minimum atomic E-state index is -3.96. The summed E-state index contributed by atoms with van der Waals surface area (Å²) in [4.78, 5) is 16.1. The number of sulfonamides is 1. The fraction of sp³-hybridized carbons (Fsp3) is 0.429. The van der Waals surface area contributed by atoms with E-state index in [9.17, 15) is 18.3 Å². The first-order valence-electron chi connectivity index (χ1n) is 9.90. The van der Waals surface area contributed by atoms with Crippen LogP contribution >= 0.6 is 0 Å². The van der Waals surface area contributed by atoms with Crippen molar-refractivity contribution in [3.05, 3.63) is 48.7 Å². The highest BCUT2D eigenvalue weighted by Gasteiger charge is 2.47. The second kappa shape index (κ2) is 8.12. The van der Waals surface area contributed by atoms with Gasteiger partial charge in [0.25, 0.3) is 0 Å². The van der Waals surface area contributed by atoms with Gasteiger partial charge in [0, 0.05) is 12.6 Å². The maximum atomic E-state index is 13.2. The van der Waals surface area contributed by atoms with Gasteiger partial charge in [0.15, 0.2) is 0 Å². The SMILES string of the molecule is O=C(O)C1C2CCCCC2CCN1S(=O)(=O)c1ccc(Oc2ccccc2)nc1. The Morgan fingerprint density at radius 1 is 1.07 bits per heavy atom. The molecule has 0 spiro atoms. The monoisotopic (exact) mass is 416 g/mol. The number of fused-ring (bicyclic) bond motifs is 1. The summed E-state index contributed by atoms with van der Waals surface area (Å²) in [5.41, 5.74) is 0. The van der Waals surface area contributed by atoms with E-state index in [1.54, 1.807) is 12.1 Å². The minimum Gasteiger partial charge on any atom is -0.480 e. The number of aromatic nitrogens is 1. The number of aliphatic carboxylic acids is 1. The number of hydrogen-bond donors (Lipinski definition) is 1. The molecule has 2 heterocycles. The molecule has 3 unspecified atom stereocenters. The molecule has 2 fully saturated rings. The number of ether oxygens (including phenoxy) is 1. The molecule has 1 aromatic heterocycles. The maximum Gasteiger partial charge on any atom is 0.322 e. The van der Waals surface area contributed by atoms with E-state index >= 15 is 0 Å². The molecular formula is C21H24N2O5S. The van der Waals surface area contributed by atoms with Gasteiger partial charge in [0.2, 0.25) is 15.9 Å². The van der Waals surface area contributed by atoms with Crippen molar-refractivity contribution in [3.63, 3.8) is 0 Å². The van der Waals surface area contributed by atoms with E-state index < -0.39 is 22.0 Å². The van der Waals surface area contributed by atoms with Crippen molar-refractivity contribution < 1.29 is 23.1 Å². The first-order valence-corrected chi connectivity index (χ1v) is 11.3. The zero-order valence-corrected chi connectivity index (χ0v) is 16.8. The van der Waals surface area contributed by atoms with Gasteiger partial charge in [-0.2, -0.15) is 4.31 Å². The fourth-order valence-corrected chi connectivity index (χ4v) is 6.14. The third kappa shape index (κ3) is 4.00. The molecule has 154 valence electrons. The Bertz CT molecular complexity index is 962. The Morgan fingerprint density at radius 2 is 1.83 bits per heavy atom. The Morgan fingerprint density at radius 3 is 2.52 bits per heavy atom. The van der Waals surface area contributed by atoms with Crippen molar-refractivity contribution in [3.8, 4) is 11.6 Å². The van der Waals surface area contributed by atoms with Gasteiger partial charge in [-0.15, -0.1) is 0 Å². The summed E-state index contributed by atoms with van der Waals surface area (Å²) in [7, 11) is -3.96. The van der Waals surface area contributed by atoms with E-state index in [4.69, 9.17) is 4.74 Å². The van der Waals surface area contributed by atoms with Crippen molar-refractivity contribution in [2.24, 2.45) is 11.8 Å². The van der Waals surface area contributed by atoms with Crippen molar-refractivity contribution in [2.75, 3.05) is 6.54 Å². The number of carboxylic acids is 1. The largest absolute Gasteiger partial charge is 0.480 e. The van der Waals surface area contributed by atoms with Crippen molar-refractivity contribution >= 4 is 16.0 Å². The van der Waals surface area contributed by atoms with Crippen LogP contribution in [0, 0.1) is 11.8 Å². The number of benzene rings is 1. The second-order valence-corrected chi connectivity index (χ2v) is 9.53. The molecule has 3 atom stereocenters. The Hall–Kier alpha value is -2.45. The zero-order chi connectivity index (χ0) is 20.4. The lowest BCUT2D eigenvalue weighted by atomic mass is 9.71. The molecule has 4 rings (SSSR count). The summed E-state index contributed by atoms with van der Waals surface area (Å²) < 4.78 is 33.2. The van der Waals surface area contributed by atoms with Crippen molar-refractivity contribution in [1.29, 1.82) is 0 Å². The summed E-state index contributed by atoms with van der Waals surface area (Å²) in [6.07, 6.45) is 5.72. The van der Waals surface area contributed by atoms with Crippen LogP contribution in [0.1, 0.15) is 32.1 Å². The summed E-state index contributed by atoms with van der Waals surface area (Å²) in [6.45, 7) is 0.225. The van der Waals surface area contributed by atoms with Gasteiger partial charge in [-0.05, 0) is 42.9 Å². The lowest BCUT2D eigenvalue weighted by Gasteiger charge is -2.44. The van der Waals surface area contributed by atoms with Crippen molar-refractivity contribution in [2.45, 2.75) is 43.0 Å². The number of carbonyl (C=O) groups is 1. The predicted octanol–water partition coefficient (Wildman–Crippen LogP) is 3.53. The Balaban J connectivity index is 1.57. The number of para-hydroxylation sites is 1. The van der Waals surface area contributed by atoms with Gasteiger partial charge in [0.1, 0.15) is 16.7 Å². The lowest BCUT2D eigenvalue weighted by Crippen LogP contribution is -2.55. The predicted molar refractivity (Wildman–Crippen MR) is 106 cm³/mol. The highest BCUT2D eigenvalue weighted by Crippen LogP contribution is 2.41. The molecule has 1 saturated carbocycles. The highest BCUT2D eigenvalue weighted by molar-refractivity contribution is 7.89. The molecule has 0 bridgehead atoms. The van der Waals surface area contributed by atoms with E-state index in [2.05, 4.69) is 4.98 Å². The highest BCUT2D eigenvalue weighted by atomic mass is 32.2. The standard InChI is InChI=1S/C21H24N2O5S/c24-21(25)20-18-9-5-4-6-15(18)12-13-23(20)29(26,27)17-10-11-19(22-14-17)28-16-7-2-1-3-8-16/h1-3,7-8,10-11,14-15,18,20H,4-6,9,12-13H2,(H,24,25). The van der Waals surface area contributed by atoms with Crippen LogP contribution in [0.15, 0.2) is 53.6 Å². The normalized spacial score (nSPS) is 25.2. The molecule has 1 N–H and O–H groups in total. The molecule has 2 aliphatic rings. The molecule has 7 nitrogen and oxygen atoms in total. The fourth-order valence-electron chi connectivity index (χ4n) is 4.56. The Kier molecular flexibility index (Phi) is 5.56. The summed E-state index contributed by atoms with van der Waals surface area (Å²) >= 11 is 0. The van der Waals surface area contributed by atoms with Gasteiger partial charge in [-0.1, -0.05) is 37.5 Å². The summed E-state index contributed by atoms with van der Waals surface area (Å²) in [5.74, 6) is -0.0338. The number of piperidine rings is 1. The van der Waals surface area contributed by atoms with Gasteiger partial charge < -0.3 is 9.84 Å². The molecule has 8 heteroatoms. The first kappa shape index (κ1) is 19.8. The van der Waals surface area contributed by atoms with Gasteiger partial charge in [-0.3, -0.25) is 4.79 Å². The van der Waals surface area contributed by atoms with Crippen LogP contribution in [-0.2, 0) is 14.8 Å². The summed E-state index contributed by atoms with van der Waals surface area (Å²) in [6, 6.07) is 11.0. The topological polar surface area (TPSA) is 96.8 Å². The van der Waals surface area contributed by atoms with Crippen LogP contribution in [-0.4, -0.2) is 41.4 Å². The summed E-state index contributed by atoms with van der Waals surface area (Å²) in [5, 5.41) is 9.82. The van der Waals surface area contributed by atoms with Crippen molar-refractivity contribution in [1.82, 2.24) is 9.29 Å². The zero-order valence-electron chi connectivity index (χ0n) is 16.0. The number of carboxylic acid groups (broad SMARTS) is 1. The van der Waals surface area contributed by atoms with E-state index in [1.165, 1.54) is 18.3 Å². The van der Waals surface area contributed by atoms with Gasteiger partial charge in [0.05, 0.1) is 6.20 Å². The first-order chi connectivity index (χ1) is 14.0. The lowest BCUT2D eigenvalue weighted by molar-refractivity contribution is -0.146. The molecule has 1 aromatic carbocycles. The van der Waals surface area contributed by atoms with Crippen LogP contribution in [0.3, 0.4) is 0 Å². The van der Waals surface area contributed by atoms with Gasteiger partial charge >= 0.3 is 5.97 Å². The minimum absolute atomic E-state index is 0.0154. The maximum absolute atomic E-state index is 13.2. The van der Waals surface area contributed by atoms with Crippen LogP contribution in [0.2, 0.25) is 0 Å². The van der Waals surface area contributed by atoms with E-state index in [1.807, 2.05) is 18.2 Å². The molecule has 1 aliphatic heterocycles. The third-order valence-corrected chi connectivity index (χ3v) is 7.80. The van der Waals surface area contributed by atoms with Crippen LogP contribution in [0.4, 0.5) is 0 Å².